The van der Waals surface area contributed by atoms with Gasteiger partial charge in [-0.25, -0.2) is 18.4 Å². The number of aromatic nitrogens is 8. The van der Waals surface area contributed by atoms with Crippen LogP contribution in [0.15, 0.2) is 61.2 Å². The van der Waals surface area contributed by atoms with Crippen LogP contribution in [0.25, 0.3) is 22.3 Å². The lowest BCUT2D eigenvalue weighted by molar-refractivity contribution is -0.0429. The summed E-state index contributed by atoms with van der Waals surface area (Å²) in [6.45, 7) is 1.83. The maximum Gasteiger partial charge on any atom is 0.516 e. The summed E-state index contributed by atoms with van der Waals surface area (Å²) in [5.74, 6) is 1.25. The minimum absolute atomic E-state index is 0.0421. The van der Waals surface area contributed by atoms with Gasteiger partial charge >= 0.3 is 15.5 Å². The Morgan fingerprint density at radius 3 is 1.91 bits per heavy atom. The lowest BCUT2D eigenvalue weighted by Gasteiger charge is -2.14. The number of hydrogen-bond acceptors (Lipinski definition) is 13. The number of sulfonamides is 2. The molecule has 4 heterocycles. The zero-order valence-electron chi connectivity index (χ0n) is 28.2. The fourth-order valence-corrected chi connectivity index (χ4v) is 7.30. The number of alkyl halides is 3. The molecule has 2 aromatic carbocycles. The molecule has 0 saturated heterocycles. The third-order valence-corrected chi connectivity index (χ3v) is 10.6. The van der Waals surface area contributed by atoms with E-state index >= 15 is 0 Å². The summed E-state index contributed by atoms with van der Waals surface area (Å²) in [5, 5.41) is 9.47. The van der Waals surface area contributed by atoms with Crippen molar-refractivity contribution in [2.24, 2.45) is 0 Å². The summed E-state index contributed by atoms with van der Waals surface area (Å²) in [6.07, 6.45) is 8.24. The van der Waals surface area contributed by atoms with Crippen molar-refractivity contribution in [2.45, 2.75) is 50.6 Å². The Morgan fingerprint density at radius 2 is 1.31 bits per heavy atom. The van der Waals surface area contributed by atoms with Crippen molar-refractivity contribution in [1.82, 2.24) is 39.9 Å². The van der Waals surface area contributed by atoms with Crippen LogP contribution >= 0.6 is 11.6 Å². The van der Waals surface area contributed by atoms with E-state index in [-0.39, 0.29) is 33.9 Å². The molecule has 0 radical (unpaired) electrons. The number of aromatic amines is 2. The van der Waals surface area contributed by atoms with Gasteiger partial charge < -0.3 is 25.9 Å². The summed E-state index contributed by atoms with van der Waals surface area (Å²) in [4.78, 5) is 31.1. The van der Waals surface area contributed by atoms with Crippen molar-refractivity contribution in [1.29, 1.82) is 0 Å². The zero-order chi connectivity index (χ0) is 38.5. The number of benzene rings is 2. The standard InChI is InChI=1S/C19H25N7O2S.C12H8ClF3N6O2S/c1-2-10-29(27,28)26-15-9-5-8-14(11-15)23-19-24-17-16(20-12-21-17)18(25-19)22-13-6-3-4-7-13;13-9-8-10(18-5-17-8)21-11(20-9)19-6-2-1-3-7(4-6)22-25(23,24)12(14,15)16/h5,8-9,11-13,26H,2-4,6-7,10H2,1H3,(H3,20,21,22,23,24,25);1-5,22H,(H2,17,18,19,20,21). The SMILES string of the molecule is CCCS(=O)(=O)Nc1cccc(Nc2nc(NC3CCCC3)c3[nH]cnc3n2)c1.O=S(=O)(Nc1cccc(Nc2nc(Cl)c3[nH]cnc3n2)c1)C(F)(F)F. The van der Waals surface area contributed by atoms with Gasteiger partial charge in [0.15, 0.2) is 22.3 Å². The smallest absolute Gasteiger partial charge is 0.365 e. The summed E-state index contributed by atoms with van der Waals surface area (Å²) in [6, 6.07) is 12.6. The molecule has 0 amide bonds. The monoisotopic (exact) mass is 807 g/mol. The van der Waals surface area contributed by atoms with Crippen LogP contribution in [-0.2, 0) is 20.0 Å². The van der Waals surface area contributed by atoms with Gasteiger partial charge in [0.1, 0.15) is 11.0 Å². The van der Waals surface area contributed by atoms with E-state index in [1.807, 2.05) is 13.0 Å². The highest BCUT2D eigenvalue weighted by atomic mass is 35.5. The van der Waals surface area contributed by atoms with Crippen molar-refractivity contribution in [3.8, 4) is 0 Å². The highest BCUT2D eigenvalue weighted by Crippen LogP contribution is 2.29. The molecule has 23 heteroatoms. The summed E-state index contributed by atoms with van der Waals surface area (Å²) in [7, 11) is -8.86. The molecule has 0 bridgehead atoms. The number of hydrogen-bond donors (Lipinski definition) is 7. The fraction of sp³-hybridized carbons (Fsp3) is 0.290. The first-order valence-electron chi connectivity index (χ1n) is 16.4. The summed E-state index contributed by atoms with van der Waals surface area (Å²) < 4.78 is 87.6. The molecule has 286 valence electrons. The first-order valence-corrected chi connectivity index (χ1v) is 19.9. The third-order valence-electron chi connectivity index (χ3n) is 7.76. The van der Waals surface area contributed by atoms with E-state index < -0.39 is 25.6 Å². The molecule has 0 atom stereocenters. The maximum absolute atomic E-state index is 12.4. The van der Waals surface area contributed by atoms with Crippen LogP contribution in [0.3, 0.4) is 0 Å². The Kier molecular flexibility index (Phi) is 11.2. The average Bonchev–Trinajstić information content (AvgIpc) is 3.88. The highest BCUT2D eigenvalue weighted by molar-refractivity contribution is 7.93. The molecule has 4 aromatic heterocycles. The average molecular weight is 808 g/mol. The molecular weight excluding hydrogens is 775 g/mol. The van der Waals surface area contributed by atoms with Gasteiger partial charge in [-0.3, -0.25) is 9.44 Å². The number of anilines is 7. The predicted octanol–water partition coefficient (Wildman–Crippen LogP) is 6.61. The van der Waals surface area contributed by atoms with E-state index in [1.165, 1.54) is 42.1 Å². The summed E-state index contributed by atoms with van der Waals surface area (Å²) in [5.41, 5.74) is -2.21. The van der Waals surface area contributed by atoms with Crippen molar-refractivity contribution < 1.29 is 30.0 Å². The maximum atomic E-state index is 12.4. The van der Waals surface area contributed by atoms with Gasteiger partial charge in [0, 0.05) is 17.4 Å². The molecule has 7 rings (SSSR count). The van der Waals surface area contributed by atoms with Crippen LogP contribution < -0.4 is 25.4 Å². The van der Waals surface area contributed by atoms with Crippen LogP contribution in [-0.4, -0.2) is 74.0 Å². The molecule has 1 aliphatic carbocycles. The number of imidazole rings is 2. The number of halogens is 4. The largest absolute Gasteiger partial charge is 0.516 e. The minimum atomic E-state index is -5.51. The van der Waals surface area contributed by atoms with Gasteiger partial charge in [-0.05, 0) is 55.7 Å². The van der Waals surface area contributed by atoms with Crippen LogP contribution in [0.5, 0.6) is 0 Å². The van der Waals surface area contributed by atoms with Crippen LogP contribution in [0.2, 0.25) is 5.15 Å². The number of H-pyrrole nitrogens is 2. The zero-order valence-corrected chi connectivity index (χ0v) is 30.6. The topological polar surface area (TPSA) is 237 Å². The number of nitrogens with zero attached hydrogens (tertiary/aromatic N) is 6. The van der Waals surface area contributed by atoms with Gasteiger partial charge in [-0.15, -0.1) is 0 Å². The normalized spacial score (nSPS) is 13.7. The molecule has 1 saturated carbocycles. The van der Waals surface area contributed by atoms with Gasteiger partial charge in [0.05, 0.1) is 29.8 Å². The van der Waals surface area contributed by atoms with Gasteiger partial charge in [-0.2, -0.15) is 41.5 Å². The van der Waals surface area contributed by atoms with Crippen molar-refractivity contribution in [2.75, 3.05) is 31.1 Å². The summed E-state index contributed by atoms with van der Waals surface area (Å²) >= 11 is 5.96. The predicted molar refractivity (Wildman–Crippen MR) is 200 cm³/mol. The molecule has 17 nitrogen and oxygen atoms in total. The van der Waals surface area contributed by atoms with E-state index in [0.717, 1.165) is 30.2 Å². The quantitative estimate of drug-likeness (QED) is 0.0645. The Bertz CT molecular complexity index is 2480. The van der Waals surface area contributed by atoms with Crippen molar-refractivity contribution in [3.05, 3.63) is 66.3 Å². The Balaban J connectivity index is 0.000000186. The number of rotatable bonds is 12. The second-order valence-corrected chi connectivity index (χ2v) is 15.8. The van der Waals surface area contributed by atoms with Gasteiger partial charge in [-0.1, -0.05) is 43.5 Å². The van der Waals surface area contributed by atoms with E-state index in [0.29, 0.717) is 40.9 Å². The Hall–Kier alpha value is -5.48. The van der Waals surface area contributed by atoms with Crippen molar-refractivity contribution in [3.63, 3.8) is 0 Å². The molecule has 1 fully saturated rings. The molecule has 6 aromatic rings. The number of nitrogens with one attached hydrogen (secondary N) is 7. The lowest BCUT2D eigenvalue weighted by Crippen LogP contribution is -2.29. The minimum Gasteiger partial charge on any atom is -0.365 e. The van der Waals surface area contributed by atoms with Crippen LogP contribution in [0, 0.1) is 0 Å². The van der Waals surface area contributed by atoms with Gasteiger partial charge in [0.2, 0.25) is 21.9 Å². The van der Waals surface area contributed by atoms with Crippen LogP contribution in [0.1, 0.15) is 39.0 Å². The second kappa shape index (κ2) is 15.9. The van der Waals surface area contributed by atoms with E-state index in [4.69, 9.17) is 11.6 Å². The first kappa shape index (κ1) is 38.3. The Morgan fingerprint density at radius 1 is 0.778 bits per heavy atom. The molecule has 0 spiro atoms. The second-order valence-electron chi connectivity index (χ2n) is 11.9. The van der Waals surface area contributed by atoms with E-state index in [9.17, 15) is 30.0 Å². The van der Waals surface area contributed by atoms with E-state index in [1.54, 1.807) is 24.5 Å². The van der Waals surface area contributed by atoms with Gasteiger partial charge in [0.25, 0.3) is 0 Å². The molecule has 1 aliphatic rings. The molecule has 0 aliphatic heterocycles. The third kappa shape index (κ3) is 9.54. The van der Waals surface area contributed by atoms with E-state index in [2.05, 4.69) is 60.5 Å². The lowest BCUT2D eigenvalue weighted by atomic mass is 10.2. The van der Waals surface area contributed by atoms with Crippen molar-refractivity contribution >= 4 is 94.4 Å². The molecule has 0 unspecified atom stereocenters. The molecular formula is C31H33ClF3N13O4S2. The Labute approximate surface area is 311 Å². The molecule has 7 N–H and O–H groups in total. The first-order chi connectivity index (χ1) is 25.7. The fourth-order valence-electron chi connectivity index (χ4n) is 5.40. The molecule has 54 heavy (non-hydrogen) atoms. The highest BCUT2D eigenvalue weighted by Gasteiger charge is 2.46. The van der Waals surface area contributed by atoms with Crippen LogP contribution in [0.4, 0.5) is 53.6 Å². The number of fused-ring (bicyclic) bond motifs is 2.